The molecule has 120 valence electrons. The molecule has 0 atom stereocenters. The van der Waals surface area contributed by atoms with E-state index in [2.05, 4.69) is 13.8 Å². The Morgan fingerprint density at radius 1 is 0.667 bits per heavy atom. The Labute approximate surface area is 151 Å². The summed E-state index contributed by atoms with van der Waals surface area (Å²) in [5.41, 5.74) is 0. The van der Waals surface area contributed by atoms with E-state index in [4.69, 9.17) is 9.47 Å². The molecule has 0 aliphatic heterocycles. The predicted octanol–water partition coefficient (Wildman–Crippen LogP) is 3.37. The summed E-state index contributed by atoms with van der Waals surface area (Å²) in [6, 6.07) is 0. The fourth-order valence-electron chi connectivity index (χ4n) is 1.78. The fourth-order valence-corrected chi connectivity index (χ4v) is 1.78. The first kappa shape index (κ1) is 23.2. The molecule has 21 heavy (non-hydrogen) atoms. The van der Waals surface area contributed by atoms with Crippen LogP contribution in [0.15, 0.2) is 0 Å². The van der Waals surface area contributed by atoms with E-state index in [1.54, 1.807) is 0 Å². The van der Waals surface area contributed by atoms with Crippen LogP contribution in [-0.4, -0.2) is 54.7 Å². The second kappa shape index (κ2) is 18.0. The molecule has 0 bridgehead atoms. The van der Waals surface area contributed by atoms with Gasteiger partial charge in [0.15, 0.2) is 0 Å². The van der Waals surface area contributed by atoms with Crippen LogP contribution in [0, 0.1) is 0 Å². The van der Waals surface area contributed by atoms with E-state index in [-0.39, 0.29) is 54.3 Å². The van der Waals surface area contributed by atoms with Crippen LogP contribution in [0.2, 0.25) is 0 Å². The molecule has 0 amide bonds. The third-order valence-electron chi connectivity index (χ3n) is 3.06. The zero-order valence-electron chi connectivity index (χ0n) is 13.1. The van der Waals surface area contributed by atoms with Gasteiger partial charge in [-0.25, -0.2) is 0 Å². The molecule has 0 aliphatic rings. The van der Waals surface area contributed by atoms with Gasteiger partial charge < -0.3 is 9.47 Å². The van der Waals surface area contributed by atoms with Crippen LogP contribution in [0.4, 0.5) is 0 Å². The summed E-state index contributed by atoms with van der Waals surface area (Å²) in [6.45, 7) is 5.20. The SMILES string of the molecule is CCCCCCOC(=O)CCC(=O)OCCCCCC.[NaH]. The molecule has 4 nitrogen and oxygen atoms in total. The van der Waals surface area contributed by atoms with Crippen LogP contribution in [0.3, 0.4) is 0 Å². The molecule has 0 saturated carbocycles. The number of rotatable bonds is 13. The van der Waals surface area contributed by atoms with Crippen molar-refractivity contribution in [2.24, 2.45) is 0 Å². The number of unbranched alkanes of at least 4 members (excludes halogenated alkanes) is 6. The Bertz CT molecular complexity index is 231. The van der Waals surface area contributed by atoms with Gasteiger partial charge >= 0.3 is 41.5 Å². The van der Waals surface area contributed by atoms with Crippen molar-refractivity contribution in [3.8, 4) is 0 Å². The molecule has 0 aliphatic carbocycles. The molecule has 0 unspecified atom stereocenters. The van der Waals surface area contributed by atoms with E-state index in [1.807, 2.05) is 0 Å². The van der Waals surface area contributed by atoms with E-state index < -0.39 is 0 Å². The first-order valence-corrected chi connectivity index (χ1v) is 8.02. The minimum absolute atomic E-state index is 0. The van der Waals surface area contributed by atoms with Crippen LogP contribution in [0.1, 0.15) is 78.1 Å². The normalized spacial score (nSPS) is 9.81. The molecule has 0 radical (unpaired) electrons. The second-order valence-electron chi connectivity index (χ2n) is 5.06. The number of esters is 2. The molecule has 5 heteroatoms. The van der Waals surface area contributed by atoms with Crippen molar-refractivity contribution < 1.29 is 19.1 Å². The average molecular weight is 310 g/mol. The molecule has 0 aromatic carbocycles. The molecule has 0 aromatic heterocycles. The molecule has 0 spiro atoms. The van der Waals surface area contributed by atoms with Crippen LogP contribution >= 0.6 is 0 Å². The van der Waals surface area contributed by atoms with Gasteiger partial charge in [0.05, 0.1) is 26.1 Å². The summed E-state index contributed by atoms with van der Waals surface area (Å²) in [5.74, 6) is -0.603. The first-order valence-electron chi connectivity index (χ1n) is 8.02. The Balaban J connectivity index is 0. The van der Waals surface area contributed by atoms with Gasteiger partial charge in [-0.3, -0.25) is 9.59 Å². The Kier molecular flexibility index (Phi) is 19.9. The van der Waals surface area contributed by atoms with Crippen molar-refractivity contribution in [3.63, 3.8) is 0 Å². The van der Waals surface area contributed by atoms with Crippen molar-refractivity contribution in [2.75, 3.05) is 13.2 Å². The van der Waals surface area contributed by atoms with Crippen molar-refractivity contribution in [3.05, 3.63) is 0 Å². The number of hydrogen-bond donors (Lipinski definition) is 0. The van der Waals surface area contributed by atoms with Crippen molar-refractivity contribution in [1.29, 1.82) is 0 Å². The number of hydrogen-bond acceptors (Lipinski definition) is 4. The number of carbonyl (C=O) groups is 2. The predicted molar refractivity (Wildman–Crippen MR) is 86.6 cm³/mol. The number of ether oxygens (including phenoxy) is 2. The maximum atomic E-state index is 11.4. The summed E-state index contributed by atoms with van der Waals surface area (Å²) in [6.07, 6.45) is 8.90. The van der Waals surface area contributed by atoms with Gasteiger partial charge in [-0.15, -0.1) is 0 Å². The fraction of sp³-hybridized carbons (Fsp3) is 0.875. The zero-order chi connectivity index (χ0) is 15.1. The molecular formula is C16H31NaO4. The molecule has 0 rings (SSSR count). The summed E-state index contributed by atoms with van der Waals surface area (Å²) in [7, 11) is 0. The molecule has 0 fully saturated rings. The van der Waals surface area contributed by atoms with Crippen LogP contribution in [0.25, 0.3) is 0 Å². The van der Waals surface area contributed by atoms with E-state index in [0.717, 1.165) is 38.5 Å². The molecular weight excluding hydrogens is 279 g/mol. The molecule has 0 heterocycles. The quantitative estimate of drug-likeness (QED) is 0.297. The Morgan fingerprint density at radius 2 is 1.05 bits per heavy atom. The van der Waals surface area contributed by atoms with Crippen molar-refractivity contribution in [1.82, 2.24) is 0 Å². The van der Waals surface area contributed by atoms with Crippen LogP contribution < -0.4 is 0 Å². The monoisotopic (exact) mass is 310 g/mol. The average Bonchev–Trinajstić information content (AvgIpc) is 2.44. The van der Waals surface area contributed by atoms with Crippen molar-refractivity contribution >= 4 is 41.5 Å². The first-order chi connectivity index (χ1) is 9.70. The van der Waals surface area contributed by atoms with Crippen molar-refractivity contribution in [2.45, 2.75) is 78.1 Å². The molecule has 0 saturated heterocycles. The zero-order valence-corrected chi connectivity index (χ0v) is 13.1. The van der Waals surface area contributed by atoms with Gasteiger partial charge in [0.25, 0.3) is 0 Å². The van der Waals surface area contributed by atoms with Crippen LogP contribution in [0.5, 0.6) is 0 Å². The van der Waals surface area contributed by atoms with Gasteiger partial charge in [-0.2, -0.15) is 0 Å². The standard InChI is InChI=1S/C16H30O4.Na.H/c1-3-5-7-9-13-19-15(17)11-12-16(18)20-14-10-8-6-4-2;;/h3-14H2,1-2H3;;. The van der Waals surface area contributed by atoms with E-state index in [0.29, 0.717) is 13.2 Å². The molecule has 0 aromatic rings. The van der Waals surface area contributed by atoms with Crippen LogP contribution in [-0.2, 0) is 19.1 Å². The van der Waals surface area contributed by atoms with Gasteiger partial charge in [-0.1, -0.05) is 52.4 Å². The summed E-state index contributed by atoms with van der Waals surface area (Å²) in [4.78, 5) is 22.7. The summed E-state index contributed by atoms with van der Waals surface area (Å²) >= 11 is 0. The van der Waals surface area contributed by atoms with E-state index in [9.17, 15) is 9.59 Å². The Hall–Kier alpha value is -0.0600. The van der Waals surface area contributed by atoms with Gasteiger partial charge in [-0.05, 0) is 12.8 Å². The van der Waals surface area contributed by atoms with Gasteiger partial charge in [0.1, 0.15) is 0 Å². The third kappa shape index (κ3) is 17.9. The minimum atomic E-state index is -0.301. The number of carbonyl (C=O) groups excluding carboxylic acids is 2. The maximum absolute atomic E-state index is 11.4. The topological polar surface area (TPSA) is 52.6 Å². The third-order valence-corrected chi connectivity index (χ3v) is 3.06. The Morgan fingerprint density at radius 3 is 1.38 bits per heavy atom. The van der Waals surface area contributed by atoms with Gasteiger partial charge in [0, 0.05) is 0 Å². The van der Waals surface area contributed by atoms with E-state index in [1.165, 1.54) is 12.8 Å². The second-order valence-corrected chi connectivity index (χ2v) is 5.06. The van der Waals surface area contributed by atoms with E-state index >= 15 is 0 Å². The summed E-state index contributed by atoms with van der Waals surface area (Å²) in [5, 5.41) is 0. The molecule has 0 N–H and O–H groups in total. The summed E-state index contributed by atoms with van der Waals surface area (Å²) < 4.78 is 10.1. The van der Waals surface area contributed by atoms with Gasteiger partial charge in [0.2, 0.25) is 0 Å².